The predicted octanol–water partition coefficient (Wildman–Crippen LogP) is 4.03. The molecule has 0 aliphatic carbocycles. The fourth-order valence-corrected chi connectivity index (χ4v) is 5.59. The number of hydrogen-bond acceptors (Lipinski definition) is 3. The van der Waals surface area contributed by atoms with Crippen LogP contribution in [-0.2, 0) is 4.79 Å². The van der Waals surface area contributed by atoms with E-state index in [9.17, 15) is 4.79 Å². The molecule has 3 aliphatic rings. The second kappa shape index (κ2) is 7.21. The van der Waals surface area contributed by atoms with Crippen LogP contribution in [0.2, 0.25) is 0 Å². The van der Waals surface area contributed by atoms with Crippen LogP contribution in [0.5, 0.6) is 0 Å². The summed E-state index contributed by atoms with van der Waals surface area (Å²) in [5.74, 6) is 2.37. The molecule has 0 saturated carbocycles. The summed E-state index contributed by atoms with van der Waals surface area (Å²) in [6, 6.07) is 5.28. The lowest BCUT2D eigenvalue weighted by Crippen LogP contribution is -2.65. The van der Waals surface area contributed by atoms with Crippen LogP contribution in [0.4, 0.5) is 5.69 Å². The molecule has 4 heterocycles. The molecule has 0 aromatic carbocycles. The maximum atomic E-state index is 12.8. The lowest BCUT2D eigenvalue weighted by Gasteiger charge is -2.57. The molecule has 1 aromatic heterocycles. The number of amides is 1. The van der Waals surface area contributed by atoms with Gasteiger partial charge >= 0.3 is 0 Å². The van der Waals surface area contributed by atoms with Crippen molar-refractivity contribution in [3.8, 4) is 0 Å². The smallest absolute Gasteiger partial charge is 0.223 e. The molecule has 0 unspecified atom stereocenters. The SMILES string of the molecule is Cc1cc(N2C[C@H]3C[C@@H](C2)[C@H](CCC(C)C)N2C(=O)CCC[C@@H]32)ccn1. The normalized spacial score (nSPS) is 31.3. The van der Waals surface area contributed by atoms with Crippen molar-refractivity contribution in [3.63, 3.8) is 0 Å². The fourth-order valence-electron chi connectivity index (χ4n) is 5.59. The van der Waals surface area contributed by atoms with Gasteiger partial charge in [-0.3, -0.25) is 9.78 Å². The minimum Gasteiger partial charge on any atom is -0.371 e. The molecular weight excluding hydrogens is 322 g/mol. The van der Waals surface area contributed by atoms with Crippen molar-refractivity contribution in [1.29, 1.82) is 0 Å². The van der Waals surface area contributed by atoms with E-state index in [0.29, 0.717) is 35.7 Å². The zero-order valence-electron chi connectivity index (χ0n) is 16.5. The van der Waals surface area contributed by atoms with Crippen LogP contribution in [0.3, 0.4) is 0 Å². The number of pyridine rings is 1. The fraction of sp³-hybridized carbons (Fsp3) is 0.727. The van der Waals surface area contributed by atoms with Crippen molar-refractivity contribution in [3.05, 3.63) is 24.0 Å². The van der Waals surface area contributed by atoms with Crippen molar-refractivity contribution in [2.45, 2.75) is 71.4 Å². The maximum Gasteiger partial charge on any atom is 0.223 e. The van der Waals surface area contributed by atoms with Gasteiger partial charge < -0.3 is 9.80 Å². The third-order valence-corrected chi connectivity index (χ3v) is 6.78. The minimum absolute atomic E-state index is 0.429. The first kappa shape index (κ1) is 17.8. The van der Waals surface area contributed by atoms with Gasteiger partial charge in [-0.05, 0) is 68.9 Å². The minimum atomic E-state index is 0.429. The topological polar surface area (TPSA) is 36.4 Å². The molecule has 2 bridgehead atoms. The molecule has 3 fully saturated rings. The van der Waals surface area contributed by atoms with Gasteiger partial charge in [-0.2, -0.15) is 0 Å². The molecule has 0 N–H and O–H groups in total. The van der Waals surface area contributed by atoms with Gasteiger partial charge in [0.1, 0.15) is 0 Å². The third-order valence-electron chi connectivity index (χ3n) is 6.78. The Morgan fingerprint density at radius 1 is 1.27 bits per heavy atom. The summed E-state index contributed by atoms with van der Waals surface area (Å²) in [7, 11) is 0. The zero-order valence-corrected chi connectivity index (χ0v) is 16.5. The Balaban J connectivity index is 1.60. The van der Waals surface area contributed by atoms with Crippen molar-refractivity contribution >= 4 is 11.6 Å². The Morgan fingerprint density at radius 2 is 2.08 bits per heavy atom. The average molecular weight is 356 g/mol. The number of fused-ring (bicyclic) bond motifs is 4. The van der Waals surface area contributed by atoms with Crippen LogP contribution in [-0.4, -0.2) is 41.0 Å². The molecule has 142 valence electrons. The molecular formula is C22H33N3O. The number of nitrogens with zero attached hydrogens (tertiary/aromatic N) is 3. The second-order valence-corrected chi connectivity index (χ2v) is 9.12. The van der Waals surface area contributed by atoms with Gasteiger partial charge in [0.2, 0.25) is 5.91 Å². The summed E-state index contributed by atoms with van der Waals surface area (Å²) in [6.45, 7) is 8.84. The summed E-state index contributed by atoms with van der Waals surface area (Å²) < 4.78 is 0. The maximum absolute atomic E-state index is 12.8. The molecule has 4 heteroatoms. The van der Waals surface area contributed by atoms with Gasteiger partial charge in [-0.15, -0.1) is 0 Å². The van der Waals surface area contributed by atoms with Crippen molar-refractivity contribution in [2.75, 3.05) is 18.0 Å². The number of hydrogen-bond donors (Lipinski definition) is 0. The highest BCUT2D eigenvalue weighted by Crippen LogP contribution is 2.44. The first-order valence-electron chi connectivity index (χ1n) is 10.5. The quantitative estimate of drug-likeness (QED) is 0.818. The van der Waals surface area contributed by atoms with Gasteiger partial charge in [0, 0.05) is 49.2 Å². The predicted molar refractivity (Wildman–Crippen MR) is 105 cm³/mol. The van der Waals surface area contributed by atoms with Crippen LogP contribution >= 0.6 is 0 Å². The van der Waals surface area contributed by atoms with Crippen molar-refractivity contribution in [1.82, 2.24) is 9.88 Å². The summed E-state index contributed by atoms with van der Waals surface area (Å²) in [6.07, 6.45) is 8.66. The number of piperidine rings is 3. The molecule has 1 amide bonds. The Bertz CT molecular complexity index is 659. The average Bonchev–Trinajstić information content (AvgIpc) is 2.62. The highest BCUT2D eigenvalue weighted by atomic mass is 16.2. The van der Waals surface area contributed by atoms with E-state index in [4.69, 9.17) is 0 Å². The molecule has 26 heavy (non-hydrogen) atoms. The molecule has 4 nitrogen and oxygen atoms in total. The Morgan fingerprint density at radius 3 is 2.85 bits per heavy atom. The molecule has 0 spiro atoms. The molecule has 4 atom stereocenters. The van der Waals surface area contributed by atoms with E-state index in [-0.39, 0.29) is 0 Å². The van der Waals surface area contributed by atoms with E-state index in [2.05, 4.69) is 47.7 Å². The second-order valence-electron chi connectivity index (χ2n) is 9.12. The van der Waals surface area contributed by atoms with Crippen LogP contribution in [0.1, 0.15) is 58.1 Å². The highest BCUT2D eigenvalue weighted by Gasteiger charge is 2.49. The van der Waals surface area contributed by atoms with Crippen LogP contribution < -0.4 is 4.90 Å². The standard InChI is InChI=1S/C22H33N3O/c1-15(2)7-8-21-18-12-17(20-5-4-6-22(26)25(20)21)13-24(14-18)19-9-10-23-16(3)11-19/h9-11,15,17-18,20-21H,4-8,12-14H2,1-3H3/t17-,18+,20+,21+/m1/s1. The van der Waals surface area contributed by atoms with E-state index in [1.54, 1.807) is 0 Å². The van der Waals surface area contributed by atoms with Gasteiger partial charge in [-0.1, -0.05) is 13.8 Å². The highest BCUT2D eigenvalue weighted by molar-refractivity contribution is 5.78. The number of carbonyl (C=O) groups excluding carboxylic acids is 1. The van der Waals surface area contributed by atoms with E-state index in [1.807, 2.05) is 6.20 Å². The first-order valence-corrected chi connectivity index (χ1v) is 10.5. The number of carbonyl (C=O) groups is 1. The van der Waals surface area contributed by atoms with Crippen molar-refractivity contribution in [2.24, 2.45) is 17.8 Å². The van der Waals surface area contributed by atoms with E-state index in [1.165, 1.54) is 31.4 Å². The Labute approximate surface area is 158 Å². The van der Waals surface area contributed by atoms with E-state index in [0.717, 1.165) is 31.6 Å². The lowest BCUT2D eigenvalue weighted by atomic mass is 9.70. The number of rotatable bonds is 4. The lowest BCUT2D eigenvalue weighted by molar-refractivity contribution is -0.149. The van der Waals surface area contributed by atoms with Crippen LogP contribution in [0.15, 0.2) is 18.3 Å². The Hall–Kier alpha value is -1.58. The summed E-state index contributed by atoms with van der Waals surface area (Å²) >= 11 is 0. The van der Waals surface area contributed by atoms with Gasteiger partial charge in [0.05, 0.1) is 0 Å². The van der Waals surface area contributed by atoms with Gasteiger partial charge in [-0.25, -0.2) is 0 Å². The molecule has 3 aliphatic heterocycles. The van der Waals surface area contributed by atoms with Gasteiger partial charge in [0.15, 0.2) is 0 Å². The van der Waals surface area contributed by atoms with Crippen molar-refractivity contribution < 1.29 is 4.79 Å². The molecule has 0 radical (unpaired) electrons. The summed E-state index contributed by atoms with van der Waals surface area (Å²) in [5, 5.41) is 0. The first-order chi connectivity index (χ1) is 12.5. The zero-order chi connectivity index (χ0) is 18.3. The monoisotopic (exact) mass is 355 g/mol. The van der Waals surface area contributed by atoms with Gasteiger partial charge in [0.25, 0.3) is 0 Å². The number of aromatic nitrogens is 1. The summed E-state index contributed by atoms with van der Waals surface area (Å²) in [5.41, 5.74) is 2.40. The molecule has 1 aromatic rings. The molecule has 3 saturated heterocycles. The molecule has 4 rings (SSSR count). The Kier molecular flexibility index (Phi) is 4.94. The van der Waals surface area contributed by atoms with E-state index < -0.39 is 0 Å². The van der Waals surface area contributed by atoms with Crippen LogP contribution in [0.25, 0.3) is 0 Å². The third kappa shape index (κ3) is 3.35. The summed E-state index contributed by atoms with van der Waals surface area (Å²) in [4.78, 5) is 22.1. The number of aryl methyl sites for hydroxylation is 1. The van der Waals surface area contributed by atoms with E-state index >= 15 is 0 Å². The largest absolute Gasteiger partial charge is 0.371 e. The van der Waals surface area contributed by atoms with Crippen LogP contribution in [0, 0.1) is 24.7 Å². The number of anilines is 1.